The molecule has 0 amide bonds. The van der Waals surface area contributed by atoms with Crippen molar-refractivity contribution in [2.24, 2.45) is 0 Å². The molecule has 96 valence electrons. The lowest BCUT2D eigenvalue weighted by Gasteiger charge is -2.10. The van der Waals surface area contributed by atoms with E-state index < -0.39 is 0 Å². The Morgan fingerprint density at radius 1 is 1.00 bits per heavy atom. The lowest BCUT2D eigenvalue weighted by atomic mass is 10.1. The van der Waals surface area contributed by atoms with Crippen LogP contribution in [0.25, 0.3) is 0 Å². The van der Waals surface area contributed by atoms with E-state index >= 15 is 0 Å². The number of methoxy groups -OCH3 is 1. The van der Waals surface area contributed by atoms with Crippen molar-refractivity contribution in [2.45, 2.75) is 13.8 Å². The smallest absolute Gasteiger partial charge is 0.120 e. The third kappa shape index (κ3) is 5.06. The topological polar surface area (TPSA) is 27.7 Å². The third-order valence-corrected chi connectivity index (χ3v) is 3.59. The van der Waals surface area contributed by atoms with Gasteiger partial charge in [0.1, 0.15) is 12.4 Å². The van der Waals surface area contributed by atoms with Gasteiger partial charge in [-0.3, -0.25) is 0 Å². The zero-order valence-corrected chi connectivity index (χ0v) is 12.2. The first-order valence-corrected chi connectivity index (χ1v) is 6.40. The summed E-state index contributed by atoms with van der Waals surface area (Å²) in [4.78, 5) is 0. The Balaban J connectivity index is 2.32. The van der Waals surface area contributed by atoms with Crippen molar-refractivity contribution in [2.75, 3.05) is 33.5 Å². The van der Waals surface area contributed by atoms with Gasteiger partial charge in [0.2, 0.25) is 0 Å². The summed E-state index contributed by atoms with van der Waals surface area (Å²) in [6.07, 6.45) is 0. The van der Waals surface area contributed by atoms with E-state index in [1.807, 2.05) is 12.1 Å². The zero-order chi connectivity index (χ0) is 12.7. The monoisotopic (exact) mass is 302 g/mol. The molecule has 0 atom stereocenters. The average molecular weight is 303 g/mol. The molecule has 1 aromatic carbocycles. The van der Waals surface area contributed by atoms with E-state index in [-0.39, 0.29) is 0 Å². The van der Waals surface area contributed by atoms with Crippen LogP contribution in [0.2, 0.25) is 0 Å². The molecule has 0 radical (unpaired) electrons. The molecule has 0 fully saturated rings. The summed E-state index contributed by atoms with van der Waals surface area (Å²) in [5, 5.41) is 0. The molecule has 1 aromatic rings. The van der Waals surface area contributed by atoms with Gasteiger partial charge in [-0.1, -0.05) is 15.9 Å². The number of rotatable bonds is 7. The summed E-state index contributed by atoms with van der Waals surface area (Å²) in [5.74, 6) is 0.888. The molecule has 17 heavy (non-hydrogen) atoms. The highest BCUT2D eigenvalue weighted by molar-refractivity contribution is 9.10. The third-order valence-electron chi connectivity index (χ3n) is 2.34. The molecule has 3 nitrogen and oxygen atoms in total. The van der Waals surface area contributed by atoms with Crippen LogP contribution in [0.5, 0.6) is 5.75 Å². The van der Waals surface area contributed by atoms with Crippen molar-refractivity contribution < 1.29 is 14.2 Å². The van der Waals surface area contributed by atoms with Crippen LogP contribution >= 0.6 is 15.9 Å². The molecule has 0 heterocycles. The lowest BCUT2D eigenvalue weighted by molar-refractivity contribution is 0.0544. The Hall–Kier alpha value is -0.580. The fraction of sp³-hybridized carbons (Fsp3) is 0.538. The molecular weight excluding hydrogens is 284 g/mol. The van der Waals surface area contributed by atoms with Crippen molar-refractivity contribution in [3.05, 3.63) is 27.7 Å². The molecular formula is C13H19BrO3. The average Bonchev–Trinajstić information content (AvgIpc) is 2.30. The molecule has 0 aliphatic carbocycles. The van der Waals surface area contributed by atoms with Gasteiger partial charge in [-0.2, -0.15) is 0 Å². The highest BCUT2D eigenvalue weighted by Gasteiger charge is 2.02. The highest BCUT2D eigenvalue weighted by Crippen LogP contribution is 2.26. The van der Waals surface area contributed by atoms with Crippen LogP contribution in [0.15, 0.2) is 16.6 Å². The van der Waals surface area contributed by atoms with E-state index in [2.05, 4.69) is 29.8 Å². The normalized spacial score (nSPS) is 10.6. The van der Waals surface area contributed by atoms with Gasteiger partial charge >= 0.3 is 0 Å². The van der Waals surface area contributed by atoms with E-state index in [1.54, 1.807) is 7.11 Å². The molecule has 0 saturated carbocycles. The predicted octanol–water partition coefficient (Wildman–Crippen LogP) is 3.11. The van der Waals surface area contributed by atoms with Crippen molar-refractivity contribution in [1.29, 1.82) is 0 Å². The summed E-state index contributed by atoms with van der Waals surface area (Å²) in [5.41, 5.74) is 2.36. The van der Waals surface area contributed by atoms with Gasteiger partial charge in [-0.15, -0.1) is 0 Å². The van der Waals surface area contributed by atoms with E-state index in [1.165, 1.54) is 11.1 Å². The summed E-state index contributed by atoms with van der Waals surface area (Å²) in [6.45, 7) is 6.48. The molecule has 0 saturated heterocycles. The molecule has 0 unspecified atom stereocenters. The van der Waals surface area contributed by atoms with Crippen LogP contribution in [0.4, 0.5) is 0 Å². The van der Waals surface area contributed by atoms with Gasteiger partial charge in [0.15, 0.2) is 0 Å². The summed E-state index contributed by atoms with van der Waals surface area (Å²) < 4.78 is 17.0. The Labute approximate surface area is 111 Å². The van der Waals surface area contributed by atoms with E-state index in [9.17, 15) is 0 Å². The Morgan fingerprint density at radius 3 is 2.18 bits per heavy atom. The number of aryl methyl sites for hydroxylation is 2. The summed E-state index contributed by atoms with van der Waals surface area (Å²) in [6, 6.07) is 4.04. The van der Waals surface area contributed by atoms with Crippen LogP contribution in [0.1, 0.15) is 11.1 Å². The van der Waals surface area contributed by atoms with Gasteiger partial charge in [0.25, 0.3) is 0 Å². The van der Waals surface area contributed by atoms with E-state index in [4.69, 9.17) is 14.2 Å². The quantitative estimate of drug-likeness (QED) is 0.724. The minimum atomic E-state index is 0.560. The number of hydrogen-bond donors (Lipinski definition) is 0. The number of halogens is 1. The zero-order valence-electron chi connectivity index (χ0n) is 10.6. The fourth-order valence-electron chi connectivity index (χ4n) is 1.45. The standard InChI is InChI=1S/C13H19BrO3/c1-10-8-12(9-11(2)13(10)14)17-7-6-16-5-4-15-3/h8-9H,4-7H2,1-3H3. The maximum absolute atomic E-state index is 5.62. The van der Waals surface area contributed by atoms with Crippen LogP contribution in [-0.2, 0) is 9.47 Å². The van der Waals surface area contributed by atoms with Crippen LogP contribution in [0, 0.1) is 13.8 Å². The van der Waals surface area contributed by atoms with Crippen LogP contribution < -0.4 is 4.74 Å². The molecule has 4 heteroatoms. The second kappa shape index (κ2) is 7.69. The Morgan fingerprint density at radius 2 is 1.59 bits per heavy atom. The molecule has 0 spiro atoms. The number of ether oxygens (including phenoxy) is 3. The minimum absolute atomic E-state index is 0.560. The Bertz CT molecular complexity index is 330. The van der Waals surface area contributed by atoms with Gasteiger partial charge in [-0.05, 0) is 37.1 Å². The van der Waals surface area contributed by atoms with Crippen LogP contribution in [-0.4, -0.2) is 33.5 Å². The highest BCUT2D eigenvalue weighted by atomic mass is 79.9. The molecule has 0 aliphatic rings. The first kappa shape index (κ1) is 14.5. The van der Waals surface area contributed by atoms with Gasteiger partial charge < -0.3 is 14.2 Å². The largest absolute Gasteiger partial charge is 0.491 e. The van der Waals surface area contributed by atoms with Gasteiger partial charge in [-0.25, -0.2) is 0 Å². The molecule has 0 aliphatic heterocycles. The fourth-order valence-corrected chi connectivity index (χ4v) is 1.68. The summed E-state index contributed by atoms with van der Waals surface area (Å²) in [7, 11) is 1.66. The lowest BCUT2D eigenvalue weighted by Crippen LogP contribution is -2.10. The van der Waals surface area contributed by atoms with Crippen molar-refractivity contribution >= 4 is 15.9 Å². The minimum Gasteiger partial charge on any atom is -0.491 e. The maximum atomic E-state index is 5.62. The molecule has 1 rings (SSSR count). The van der Waals surface area contributed by atoms with Gasteiger partial charge in [0, 0.05) is 11.6 Å². The predicted molar refractivity (Wildman–Crippen MR) is 71.8 cm³/mol. The van der Waals surface area contributed by atoms with Crippen molar-refractivity contribution in [1.82, 2.24) is 0 Å². The van der Waals surface area contributed by atoms with Crippen LogP contribution in [0.3, 0.4) is 0 Å². The number of benzene rings is 1. The molecule has 0 aromatic heterocycles. The van der Waals surface area contributed by atoms with Crippen molar-refractivity contribution in [3.8, 4) is 5.75 Å². The van der Waals surface area contributed by atoms with E-state index in [0.29, 0.717) is 26.4 Å². The number of hydrogen-bond acceptors (Lipinski definition) is 3. The first-order valence-electron chi connectivity index (χ1n) is 5.61. The Kier molecular flexibility index (Phi) is 6.55. The van der Waals surface area contributed by atoms with Crippen molar-refractivity contribution in [3.63, 3.8) is 0 Å². The molecule has 0 N–H and O–H groups in total. The summed E-state index contributed by atoms with van der Waals surface area (Å²) >= 11 is 3.53. The molecule has 0 bridgehead atoms. The van der Waals surface area contributed by atoms with E-state index in [0.717, 1.165) is 10.2 Å². The second-order valence-electron chi connectivity index (χ2n) is 3.82. The SMILES string of the molecule is COCCOCCOc1cc(C)c(Br)c(C)c1. The maximum Gasteiger partial charge on any atom is 0.120 e. The first-order chi connectivity index (χ1) is 8.15. The second-order valence-corrected chi connectivity index (χ2v) is 4.62. The van der Waals surface area contributed by atoms with Gasteiger partial charge in [0.05, 0.1) is 19.8 Å².